The Kier molecular flexibility index (Phi) is 8.22. The zero-order valence-electron chi connectivity index (χ0n) is 16.8. The van der Waals surface area contributed by atoms with Crippen molar-refractivity contribution >= 4 is 37.2 Å². The summed E-state index contributed by atoms with van der Waals surface area (Å²) in [5.41, 5.74) is -0.546. The number of hydrogen-bond acceptors (Lipinski definition) is 6. The zero-order chi connectivity index (χ0) is 22.6. The fraction of sp³-hybridized carbons (Fsp3) is 0.211. The minimum Gasteiger partial charge on any atom is -0.399 e. The number of nitrogens with one attached hydrogen (secondary N) is 1. The summed E-state index contributed by atoms with van der Waals surface area (Å²) in [6, 6.07) is 5.34. The molecule has 0 radical (unpaired) electrons. The smallest absolute Gasteiger partial charge is 0.399 e. The van der Waals surface area contributed by atoms with E-state index in [4.69, 9.17) is 11.6 Å². The predicted octanol–water partition coefficient (Wildman–Crippen LogP) is 3.92. The Morgan fingerprint density at radius 3 is 2.66 bits per heavy atom. The van der Waals surface area contributed by atoms with Crippen molar-refractivity contribution in [2.45, 2.75) is 19.1 Å². The van der Waals surface area contributed by atoms with Gasteiger partial charge in [-0.1, -0.05) is 16.8 Å². The molecule has 0 aliphatic heterocycles. The van der Waals surface area contributed by atoms with Crippen molar-refractivity contribution in [1.82, 2.24) is 25.1 Å². The minimum atomic E-state index is -4.63. The standard InChI is InChI=1S/C19H16ClF3N6O2.H2S/c1-11(28-18(30)13-5-14(19(21,22)23)7-15(20)6-13)17-25-10-26-29(17)16-4-3-12(8-24-16)9-27-31-2;/h3-11H,1-2H3,(H,28,30);1H2/t11-;/m0./s1. The molecule has 0 spiro atoms. The Morgan fingerprint density at radius 2 is 2.03 bits per heavy atom. The lowest BCUT2D eigenvalue weighted by atomic mass is 10.1. The van der Waals surface area contributed by atoms with Gasteiger partial charge in [-0.2, -0.15) is 36.4 Å². The molecule has 0 unspecified atom stereocenters. The SMILES string of the molecule is CON=Cc1ccc(-n2ncnc2[C@H](C)NC(=O)c2cc(Cl)cc(C(F)(F)F)c2)nc1.S. The van der Waals surface area contributed by atoms with Crippen LogP contribution in [0, 0.1) is 0 Å². The maximum Gasteiger partial charge on any atom is 0.416 e. The van der Waals surface area contributed by atoms with Gasteiger partial charge in [-0.3, -0.25) is 4.79 Å². The van der Waals surface area contributed by atoms with Crippen LogP contribution in [-0.2, 0) is 11.0 Å². The van der Waals surface area contributed by atoms with E-state index in [0.29, 0.717) is 17.2 Å². The van der Waals surface area contributed by atoms with Gasteiger partial charge in [0.25, 0.3) is 5.91 Å². The van der Waals surface area contributed by atoms with E-state index in [0.717, 1.165) is 18.2 Å². The molecule has 2 aromatic heterocycles. The van der Waals surface area contributed by atoms with Gasteiger partial charge < -0.3 is 10.2 Å². The van der Waals surface area contributed by atoms with Crippen molar-refractivity contribution in [2.24, 2.45) is 5.16 Å². The highest BCUT2D eigenvalue weighted by Crippen LogP contribution is 2.32. The van der Waals surface area contributed by atoms with Crippen LogP contribution in [0.5, 0.6) is 0 Å². The average Bonchev–Trinajstić information content (AvgIpc) is 3.21. The minimum absolute atomic E-state index is 0. The number of hydrogen-bond donors (Lipinski definition) is 1. The van der Waals surface area contributed by atoms with Crippen molar-refractivity contribution in [2.75, 3.05) is 7.11 Å². The van der Waals surface area contributed by atoms with Crippen molar-refractivity contribution < 1.29 is 22.8 Å². The van der Waals surface area contributed by atoms with Gasteiger partial charge in [-0.25, -0.2) is 9.97 Å². The quantitative estimate of drug-likeness (QED) is 0.421. The first-order chi connectivity index (χ1) is 14.7. The van der Waals surface area contributed by atoms with Crippen LogP contribution in [0.2, 0.25) is 5.02 Å². The number of halogens is 4. The zero-order valence-corrected chi connectivity index (χ0v) is 18.5. The summed E-state index contributed by atoms with van der Waals surface area (Å²) in [6.45, 7) is 1.62. The predicted molar refractivity (Wildman–Crippen MR) is 116 cm³/mol. The van der Waals surface area contributed by atoms with Crippen molar-refractivity contribution in [3.05, 3.63) is 70.4 Å². The second kappa shape index (κ2) is 10.5. The van der Waals surface area contributed by atoms with Crippen molar-refractivity contribution in [3.63, 3.8) is 0 Å². The third-order valence-corrected chi connectivity index (χ3v) is 4.31. The lowest BCUT2D eigenvalue weighted by molar-refractivity contribution is -0.137. The second-order valence-corrected chi connectivity index (χ2v) is 6.75. The number of rotatable bonds is 6. The van der Waals surface area contributed by atoms with Crippen LogP contribution in [0.4, 0.5) is 13.2 Å². The van der Waals surface area contributed by atoms with Gasteiger partial charge in [0.1, 0.15) is 13.4 Å². The molecule has 8 nitrogen and oxygen atoms in total. The number of nitrogens with zero attached hydrogens (tertiary/aromatic N) is 5. The molecule has 13 heteroatoms. The van der Waals surface area contributed by atoms with Crippen LogP contribution in [0.15, 0.2) is 48.0 Å². The number of aromatic nitrogens is 4. The topological polar surface area (TPSA) is 94.3 Å². The van der Waals surface area contributed by atoms with Gasteiger partial charge in [-0.15, -0.1) is 0 Å². The molecule has 2 heterocycles. The number of carbonyl (C=O) groups excluding carboxylic acids is 1. The number of benzene rings is 1. The number of oxime groups is 1. The van der Waals surface area contributed by atoms with Crippen LogP contribution >= 0.6 is 25.1 Å². The lowest BCUT2D eigenvalue weighted by Gasteiger charge is -2.15. The number of carbonyl (C=O) groups is 1. The molecule has 1 N–H and O–H groups in total. The summed E-state index contributed by atoms with van der Waals surface area (Å²) in [7, 11) is 1.42. The molecule has 3 aromatic rings. The first-order valence-corrected chi connectivity index (χ1v) is 9.18. The third-order valence-electron chi connectivity index (χ3n) is 4.09. The molecule has 0 bridgehead atoms. The first-order valence-electron chi connectivity index (χ1n) is 8.80. The summed E-state index contributed by atoms with van der Waals surface area (Å²) in [5, 5.41) is 10.1. The number of pyridine rings is 1. The third kappa shape index (κ3) is 5.98. The Balaban J connectivity index is 0.00000363. The van der Waals surface area contributed by atoms with Crippen molar-refractivity contribution in [3.8, 4) is 5.82 Å². The van der Waals surface area contributed by atoms with Crippen LogP contribution in [0.1, 0.15) is 40.3 Å². The van der Waals surface area contributed by atoms with Gasteiger partial charge >= 0.3 is 6.18 Å². The van der Waals surface area contributed by atoms with Crippen molar-refractivity contribution in [1.29, 1.82) is 0 Å². The molecule has 3 rings (SSSR count). The summed E-state index contributed by atoms with van der Waals surface area (Å²) >= 11 is 5.75. The van der Waals surface area contributed by atoms with E-state index >= 15 is 0 Å². The fourth-order valence-electron chi connectivity index (χ4n) is 2.66. The van der Waals surface area contributed by atoms with E-state index in [1.54, 1.807) is 19.1 Å². The molecule has 1 amide bonds. The Labute approximate surface area is 192 Å². The molecular formula is C19H18ClF3N6O2S. The molecule has 0 saturated heterocycles. The second-order valence-electron chi connectivity index (χ2n) is 6.32. The fourth-order valence-corrected chi connectivity index (χ4v) is 2.90. The maximum absolute atomic E-state index is 13.0. The largest absolute Gasteiger partial charge is 0.416 e. The van der Waals surface area contributed by atoms with Gasteiger partial charge in [0.2, 0.25) is 0 Å². The monoisotopic (exact) mass is 486 g/mol. The Hall–Kier alpha value is -3.12. The normalized spacial score (nSPS) is 12.3. The molecular weight excluding hydrogens is 469 g/mol. The highest BCUT2D eigenvalue weighted by molar-refractivity contribution is 7.59. The van der Waals surface area contributed by atoms with Gasteiger partial charge in [-0.05, 0) is 37.3 Å². The average molecular weight is 487 g/mol. The van der Waals surface area contributed by atoms with E-state index in [2.05, 4.69) is 30.4 Å². The number of alkyl halides is 3. The summed E-state index contributed by atoms with van der Waals surface area (Å²) in [6.07, 6.45) is -0.335. The highest BCUT2D eigenvalue weighted by atomic mass is 35.5. The van der Waals surface area contributed by atoms with E-state index in [-0.39, 0.29) is 24.1 Å². The van der Waals surface area contributed by atoms with Crippen LogP contribution < -0.4 is 5.32 Å². The van der Waals surface area contributed by atoms with Crippen LogP contribution in [0.3, 0.4) is 0 Å². The first kappa shape index (κ1) is 25.1. The highest BCUT2D eigenvalue weighted by Gasteiger charge is 2.32. The molecule has 0 fully saturated rings. The van der Waals surface area contributed by atoms with Crippen LogP contribution in [0.25, 0.3) is 5.82 Å². The van der Waals surface area contributed by atoms with E-state index in [1.165, 1.54) is 30.5 Å². The molecule has 0 aliphatic rings. The Bertz CT molecular complexity index is 1110. The molecule has 1 aromatic carbocycles. The summed E-state index contributed by atoms with van der Waals surface area (Å²) in [4.78, 5) is 25.5. The van der Waals surface area contributed by atoms with Gasteiger partial charge in [0, 0.05) is 22.3 Å². The Morgan fingerprint density at radius 1 is 1.28 bits per heavy atom. The molecule has 1 atom stereocenters. The van der Waals surface area contributed by atoms with Gasteiger partial charge in [0.15, 0.2) is 11.6 Å². The number of amides is 1. The lowest BCUT2D eigenvalue weighted by Crippen LogP contribution is -2.29. The molecule has 32 heavy (non-hydrogen) atoms. The molecule has 0 aliphatic carbocycles. The van der Waals surface area contributed by atoms with E-state index < -0.39 is 23.7 Å². The van der Waals surface area contributed by atoms with E-state index in [9.17, 15) is 18.0 Å². The molecule has 170 valence electrons. The van der Waals surface area contributed by atoms with Gasteiger partial charge in [0.05, 0.1) is 17.8 Å². The van der Waals surface area contributed by atoms with E-state index in [1.807, 2.05) is 0 Å². The maximum atomic E-state index is 13.0. The summed E-state index contributed by atoms with van der Waals surface area (Å²) in [5.74, 6) is 0.0108. The summed E-state index contributed by atoms with van der Waals surface area (Å²) < 4.78 is 40.4. The van der Waals surface area contributed by atoms with Crippen LogP contribution in [-0.4, -0.2) is 39.0 Å². The molecule has 0 saturated carbocycles.